The molecule has 0 unspecified atom stereocenters. The van der Waals surface area contributed by atoms with Crippen molar-refractivity contribution >= 4 is 5.91 Å². The highest BCUT2D eigenvalue weighted by atomic mass is 19.4. The van der Waals surface area contributed by atoms with Crippen LogP contribution >= 0.6 is 0 Å². The Kier molecular flexibility index (Phi) is 4.57. The molecule has 0 radical (unpaired) electrons. The van der Waals surface area contributed by atoms with Crippen molar-refractivity contribution in [2.24, 2.45) is 0 Å². The number of alkyl halides is 3. The summed E-state index contributed by atoms with van der Waals surface area (Å²) in [5.41, 5.74) is 0.882. The molecule has 1 aromatic carbocycles. The van der Waals surface area contributed by atoms with Gasteiger partial charge in [0, 0.05) is 18.7 Å². The molecule has 24 heavy (non-hydrogen) atoms. The van der Waals surface area contributed by atoms with E-state index in [0.717, 1.165) is 4.68 Å². The van der Waals surface area contributed by atoms with E-state index in [1.54, 1.807) is 35.2 Å². The summed E-state index contributed by atoms with van der Waals surface area (Å²) in [7, 11) is 0. The van der Waals surface area contributed by atoms with Crippen molar-refractivity contribution in [3.05, 3.63) is 42.1 Å². The lowest BCUT2D eigenvalue weighted by molar-refractivity contribution is -0.142. The average Bonchev–Trinajstić information content (AvgIpc) is 2.97. The summed E-state index contributed by atoms with van der Waals surface area (Å²) in [6.07, 6.45) is -3.21. The number of benzene rings is 1. The van der Waals surface area contributed by atoms with Gasteiger partial charge in [-0.15, -0.1) is 0 Å². The highest BCUT2D eigenvalue weighted by molar-refractivity contribution is 6.00. The Balaban J connectivity index is 2.01. The van der Waals surface area contributed by atoms with Crippen LogP contribution in [-0.2, 0) is 11.3 Å². The minimum Gasteiger partial charge on any atom is -0.378 e. The molecule has 1 fully saturated rings. The third-order valence-electron chi connectivity index (χ3n) is 3.74. The summed E-state index contributed by atoms with van der Waals surface area (Å²) < 4.78 is 44.5. The highest BCUT2D eigenvalue weighted by Gasteiger charge is 2.32. The highest BCUT2D eigenvalue weighted by Crippen LogP contribution is 2.28. The zero-order valence-corrected chi connectivity index (χ0v) is 12.8. The molecule has 8 heteroatoms. The lowest BCUT2D eigenvalue weighted by Crippen LogP contribution is -2.40. The predicted molar refractivity (Wildman–Crippen MR) is 80.4 cm³/mol. The number of rotatable bonds is 3. The Morgan fingerprint density at radius 1 is 1.17 bits per heavy atom. The molecule has 3 rings (SSSR count). The lowest BCUT2D eigenvalue weighted by atomic mass is 10.1. The third-order valence-corrected chi connectivity index (χ3v) is 3.74. The predicted octanol–water partition coefficient (Wildman–Crippen LogP) is 2.58. The number of carbonyl (C=O) groups is 1. The van der Waals surface area contributed by atoms with Gasteiger partial charge in [-0.05, 0) is 0 Å². The standard InChI is InChI=1S/C16H16F3N3O2/c17-16(18,19)11-22-14(12-4-2-1-3-5-12)13(10-20-22)15(23)21-6-8-24-9-7-21/h1-5,10H,6-9,11H2. The Bertz CT molecular complexity index is 707. The van der Waals surface area contributed by atoms with Crippen LogP contribution < -0.4 is 0 Å². The number of ether oxygens (including phenoxy) is 1. The van der Waals surface area contributed by atoms with Gasteiger partial charge in [-0.25, -0.2) is 0 Å². The Hall–Kier alpha value is -2.35. The van der Waals surface area contributed by atoms with Crippen molar-refractivity contribution < 1.29 is 22.7 Å². The fourth-order valence-corrected chi connectivity index (χ4v) is 2.67. The van der Waals surface area contributed by atoms with Gasteiger partial charge in [-0.1, -0.05) is 30.3 Å². The number of amides is 1. The molecule has 0 saturated carbocycles. The molecule has 1 aliphatic rings. The van der Waals surface area contributed by atoms with Crippen molar-refractivity contribution in [3.63, 3.8) is 0 Å². The van der Waals surface area contributed by atoms with E-state index in [2.05, 4.69) is 5.10 Å². The van der Waals surface area contributed by atoms with E-state index in [1.165, 1.54) is 6.20 Å². The fraction of sp³-hybridized carbons (Fsp3) is 0.375. The maximum Gasteiger partial charge on any atom is 0.408 e. The molecule has 0 atom stereocenters. The molecule has 1 saturated heterocycles. The largest absolute Gasteiger partial charge is 0.408 e. The summed E-state index contributed by atoms with van der Waals surface area (Å²) in [5, 5.41) is 3.81. The molecule has 5 nitrogen and oxygen atoms in total. The Morgan fingerprint density at radius 2 is 1.83 bits per heavy atom. The second-order valence-corrected chi connectivity index (χ2v) is 5.45. The Morgan fingerprint density at radius 3 is 2.46 bits per heavy atom. The van der Waals surface area contributed by atoms with Crippen molar-refractivity contribution in [2.75, 3.05) is 26.3 Å². The zero-order valence-electron chi connectivity index (χ0n) is 12.8. The SMILES string of the molecule is O=C(c1cnn(CC(F)(F)F)c1-c1ccccc1)N1CCOCC1. The molecule has 1 aromatic heterocycles. The first-order valence-corrected chi connectivity index (χ1v) is 7.51. The van der Waals surface area contributed by atoms with E-state index in [4.69, 9.17) is 4.74 Å². The van der Waals surface area contributed by atoms with Crippen LogP contribution in [-0.4, -0.2) is 53.1 Å². The van der Waals surface area contributed by atoms with Gasteiger partial charge in [-0.2, -0.15) is 18.3 Å². The lowest BCUT2D eigenvalue weighted by Gasteiger charge is -2.26. The minimum absolute atomic E-state index is 0.173. The fourth-order valence-electron chi connectivity index (χ4n) is 2.67. The minimum atomic E-state index is -4.42. The van der Waals surface area contributed by atoms with Gasteiger partial charge in [0.2, 0.25) is 0 Å². The molecule has 0 spiro atoms. The van der Waals surface area contributed by atoms with Crippen molar-refractivity contribution in [3.8, 4) is 11.3 Å². The molecular formula is C16H16F3N3O2. The number of morpholine rings is 1. The van der Waals surface area contributed by atoms with Crippen molar-refractivity contribution in [1.82, 2.24) is 14.7 Å². The first kappa shape index (κ1) is 16.5. The van der Waals surface area contributed by atoms with Crippen molar-refractivity contribution in [1.29, 1.82) is 0 Å². The molecule has 0 bridgehead atoms. The molecule has 1 amide bonds. The number of hydrogen-bond donors (Lipinski definition) is 0. The summed E-state index contributed by atoms with van der Waals surface area (Å²) in [5.74, 6) is -0.328. The quantitative estimate of drug-likeness (QED) is 0.864. The van der Waals surface area contributed by atoms with E-state index in [-0.39, 0.29) is 17.2 Å². The first-order valence-electron chi connectivity index (χ1n) is 7.51. The number of aromatic nitrogens is 2. The molecule has 0 N–H and O–H groups in total. The number of hydrogen-bond acceptors (Lipinski definition) is 3. The summed E-state index contributed by atoms with van der Waals surface area (Å²) in [6, 6.07) is 8.52. The molecule has 128 valence electrons. The van der Waals surface area contributed by atoms with E-state index < -0.39 is 12.7 Å². The average molecular weight is 339 g/mol. The van der Waals surface area contributed by atoms with Crippen molar-refractivity contribution in [2.45, 2.75) is 12.7 Å². The van der Waals surface area contributed by atoms with Crippen LogP contribution in [0.3, 0.4) is 0 Å². The van der Waals surface area contributed by atoms with E-state index in [9.17, 15) is 18.0 Å². The van der Waals surface area contributed by atoms with Crippen LogP contribution in [0.25, 0.3) is 11.3 Å². The second-order valence-electron chi connectivity index (χ2n) is 5.45. The number of halogens is 3. The third kappa shape index (κ3) is 3.59. The van der Waals surface area contributed by atoms with Gasteiger partial charge in [0.15, 0.2) is 0 Å². The zero-order chi connectivity index (χ0) is 17.2. The van der Waals surface area contributed by atoms with E-state index >= 15 is 0 Å². The summed E-state index contributed by atoms with van der Waals surface area (Å²) >= 11 is 0. The molecule has 2 heterocycles. The van der Waals surface area contributed by atoms with Crippen LogP contribution in [0.2, 0.25) is 0 Å². The van der Waals surface area contributed by atoms with E-state index in [1.807, 2.05) is 0 Å². The monoisotopic (exact) mass is 339 g/mol. The molecule has 1 aliphatic heterocycles. The van der Waals surface area contributed by atoms with Gasteiger partial charge < -0.3 is 9.64 Å². The van der Waals surface area contributed by atoms with Crippen LogP contribution in [0, 0.1) is 0 Å². The molecule has 0 aliphatic carbocycles. The Labute approximate surface area is 136 Å². The normalized spacial score (nSPS) is 15.5. The van der Waals surface area contributed by atoms with Gasteiger partial charge in [-0.3, -0.25) is 9.48 Å². The summed E-state index contributed by atoms with van der Waals surface area (Å²) in [4.78, 5) is 14.3. The topological polar surface area (TPSA) is 47.4 Å². The van der Waals surface area contributed by atoms with Gasteiger partial charge in [0.05, 0.1) is 30.7 Å². The van der Waals surface area contributed by atoms with Gasteiger partial charge >= 0.3 is 6.18 Å². The van der Waals surface area contributed by atoms with Crippen LogP contribution in [0.1, 0.15) is 10.4 Å². The van der Waals surface area contributed by atoms with Crippen LogP contribution in [0.5, 0.6) is 0 Å². The molecule has 2 aromatic rings. The maximum atomic E-state index is 12.8. The number of nitrogens with zero attached hydrogens (tertiary/aromatic N) is 3. The molecular weight excluding hydrogens is 323 g/mol. The maximum absolute atomic E-state index is 12.8. The van der Waals surface area contributed by atoms with Gasteiger partial charge in [0.1, 0.15) is 6.54 Å². The second kappa shape index (κ2) is 6.64. The number of carbonyl (C=O) groups excluding carboxylic acids is 1. The van der Waals surface area contributed by atoms with Gasteiger partial charge in [0.25, 0.3) is 5.91 Å². The van der Waals surface area contributed by atoms with Crippen LogP contribution in [0.4, 0.5) is 13.2 Å². The van der Waals surface area contributed by atoms with E-state index in [0.29, 0.717) is 31.9 Å². The van der Waals surface area contributed by atoms with Crippen LogP contribution in [0.15, 0.2) is 36.5 Å². The summed E-state index contributed by atoms with van der Waals surface area (Å²) in [6.45, 7) is 0.425. The smallest absolute Gasteiger partial charge is 0.378 e. The first-order chi connectivity index (χ1) is 11.5.